The molecule has 0 radical (unpaired) electrons. The maximum atomic E-state index is 12.3. The molecule has 0 bridgehead atoms. The predicted octanol–water partition coefficient (Wildman–Crippen LogP) is 3.88. The topological polar surface area (TPSA) is 57.5 Å². The van der Waals surface area contributed by atoms with Gasteiger partial charge in [0.05, 0.1) is 0 Å². The number of hydrogen-bond acceptors (Lipinski definition) is 3. The van der Waals surface area contributed by atoms with E-state index >= 15 is 0 Å². The van der Waals surface area contributed by atoms with Gasteiger partial charge in [0.25, 0.3) is 0 Å². The lowest BCUT2D eigenvalue weighted by Gasteiger charge is -2.54. The molecule has 0 aliphatic heterocycles. The van der Waals surface area contributed by atoms with Gasteiger partial charge in [0, 0.05) is 18.3 Å². The van der Waals surface area contributed by atoms with Crippen LogP contribution in [0.1, 0.15) is 71.1 Å². The zero-order chi connectivity index (χ0) is 19.5. The Balaban J connectivity index is 1.35. The van der Waals surface area contributed by atoms with Crippen LogP contribution in [0, 0.1) is 52.8 Å². The molecule has 3 heteroatoms. The SMILES string of the molecule is C[C@]12CC[C@H]3[C@@H](CC=C4C[C@](O)(C#CC5CC5)CC[C@@H]43)[C@@H]1CC[C@@H]2C(=O)CO. The van der Waals surface area contributed by atoms with E-state index in [0.29, 0.717) is 29.6 Å². The van der Waals surface area contributed by atoms with Crippen LogP contribution in [0.5, 0.6) is 0 Å². The molecular formula is C25H34O3. The van der Waals surface area contributed by atoms with Crippen molar-refractivity contribution in [3.63, 3.8) is 0 Å². The lowest BCUT2D eigenvalue weighted by molar-refractivity contribution is -0.131. The molecule has 28 heavy (non-hydrogen) atoms. The van der Waals surface area contributed by atoms with Crippen LogP contribution in [-0.4, -0.2) is 28.2 Å². The van der Waals surface area contributed by atoms with Crippen LogP contribution in [0.15, 0.2) is 11.6 Å². The maximum Gasteiger partial charge on any atom is 0.161 e. The van der Waals surface area contributed by atoms with Crippen LogP contribution in [0.4, 0.5) is 0 Å². The number of carbonyl (C=O) groups excluding carboxylic acids is 1. The van der Waals surface area contributed by atoms with Crippen molar-refractivity contribution in [2.24, 2.45) is 40.9 Å². The van der Waals surface area contributed by atoms with Crippen molar-refractivity contribution in [3.8, 4) is 11.8 Å². The first kappa shape index (κ1) is 18.9. The number of aliphatic hydroxyl groups is 2. The number of hydrogen-bond donors (Lipinski definition) is 2. The summed E-state index contributed by atoms with van der Waals surface area (Å²) >= 11 is 0. The first-order chi connectivity index (χ1) is 13.4. The number of fused-ring (bicyclic) bond motifs is 5. The monoisotopic (exact) mass is 382 g/mol. The normalized spacial score (nSPS) is 47.1. The third-order valence-corrected chi connectivity index (χ3v) is 9.13. The molecule has 0 spiro atoms. The van der Waals surface area contributed by atoms with E-state index in [-0.39, 0.29) is 23.7 Å². The summed E-state index contributed by atoms with van der Waals surface area (Å²) in [6.07, 6.45) is 13.0. The van der Waals surface area contributed by atoms with Gasteiger partial charge < -0.3 is 10.2 Å². The van der Waals surface area contributed by atoms with Gasteiger partial charge in [0.2, 0.25) is 0 Å². The van der Waals surface area contributed by atoms with Gasteiger partial charge in [-0.3, -0.25) is 4.79 Å². The lowest BCUT2D eigenvalue weighted by atomic mass is 9.51. The molecule has 152 valence electrons. The van der Waals surface area contributed by atoms with E-state index in [1.54, 1.807) is 0 Å². The number of rotatable bonds is 2. The molecule has 2 N–H and O–H groups in total. The number of ketones is 1. The minimum atomic E-state index is -0.799. The molecular weight excluding hydrogens is 348 g/mol. The van der Waals surface area contributed by atoms with Gasteiger partial charge in [-0.1, -0.05) is 30.4 Å². The molecule has 0 unspecified atom stereocenters. The third-order valence-electron chi connectivity index (χ3n) is 9.13. The summed E-state index contributed by atoms with van der Waals surface area (Å²) < 4.78 is 0. The molecule has 7 atom stereocenters. The maximum absolute atomic E-state index is 12.3. The molecule has 4 saturated carbocycles. The zero-order valence-electron chi connectivity index (χ0n) is 17.1. The summed E-state index contributed by atoms with van der Waals surface area (Å²) in [6, 6.07) is 0. The van der Waals surface area contributed by atoms with E-state index < -0.39 is 5.60 Å². The molecule has 5 aliphatic rings. The Morgan fingerprint density at radius 2 is 1.96 bits per heavy atom. The molecule has 0 saturated heterocycles. The second-order valence-electron chi connectivity index (χ2n) is 10.6. The summed E-state index contributed by atoms with van der Waals surface area (Å²) in [6.45, 7) is 2.03. The highest BCUT2D eigenvalue weighted by Gasteiger charge is 2.57. The van der Waals surface area contributed by atoms with Gasteiger partial charge in [0.1, 0.15) is 12.2 Å². The number of aliphatic hydroxyl groups excluding tert-OH is 1. The highest BCUT2D eigenvalue weighted by atomic mass is 16.3. The summed E-state index contributed by atoms with van der Waals surface area (Å²) in [5, 5.41) is 20.4. The summed E-state index contributed by atoms with van der Waals surface area (Å²) in [4.78, 5) is 12.3. The smallest absolute Gasteiger partial charge is 0.161 e. The van der Waals surface area contributed by atoms with Crippen molar-refractivity contribution >= 4 is 5.78 Å². The summed E-state index contributed by atoms with van der Waals surface area (Å²) in [5.41, 5.74) is 0.745. The van der Waals surface area contributed by atoms with Crippen LogP contribution >= 0.6 is 0 Å². The molecule has 4 fully saturated rings. The fourth-order valence-corrected chi connectivity index (χ4v) is 7.50. The van der Waals surface area contributed by atoms with E-state index in [4.69, 9.17) is 0 Å². The fourth-order valence-electron chi connectivity index (χ4n) is 7.50. The van der Waals surface area contributed by atoms with Crippen LogP contribution in [0.2, 0.25) is 0 Å². The molecule has 5 aliphatic carbocycles. The highest BCUT2D eigenvalue weighted by Crippen LogP contribution is 2.63. The molecule has 0 heterocycles. The zero-order valence-corrected chi connectivity index (χ0v) is 17.1. The number of Topliss-reactive ketones (excluding diaryl/α,β-unsaturated/α-hetero) is 1. The third kappa shape index (κ3) is 2.99. The van der Waals surface area contributed by atoms with Crippen molar-refractivity contribution in [3.05, 3.63) is 11.6 Å². The first-order valence-electron chi connectivity index (χ1n) is 11.5. The van der Waals surface area contributed by atoms with Crippen LogP contribution in [-0.2, 0) is 4.79 Å². The fraction of sp³-hybridized carbons (Fsp3) is 0.800. The molecule has 5 rings (SSSR count). The standard InChI is InChI=1S/C25H34O3/c1-24-11-9-19-18-10-13-25(28,12-8-16-2-3-16)14-17(18)4-5-20(19)21(24)6-7-22(24)23(27)15-26/h4,16,18-22,26,28H,2-3,5-7,9-11,13-15H2,1H3/t18-,19+,20+,21-,22+,24-,25-/m0/s1. The van der Waals surface area contributed by atoms with Crippen molar-refractivity contribution in [2.45, 2.75) is 76.7 Å². The van der Waals surface area contributed by atoms with E-state index in [0.717, 1.165) is 44.9 Å². The van der Waals surface area contributed by atoms with Crippen LogP contribution < -0.4 is 0 Å². The van der Waals surface area contributed by atoms with E-state index in [2.05, 4.69) is 24.8 Å². The van der Waals surface area contributed by atoms with Crippen LogP contribution in [0.3, 0.4) is 0 Å². The Labute approximate surface area is 169 Å². The largest absolute Gasteiger partial charge is 0.389 e. The Bertz CT molecular complexity index is 753. The van der Waals surface area contributed by atoms with Crippen molar-refractivity contribution in [1.82, 2.24) is 0 Å². The van der Waals surface area contributed by atoms with Gasteiger partial charge in [-0.2, -0.15) is 0 Å². The molecule has 0 amide bonds. The lowest BCUT2D eigenvalue weighted by Crippen LogP contribution is -2.48. The Morgan fingerprint density at radius 3 is 2.71 bits per heavy atom. The van der Waals surface area contributed by atoms with Gasteiger partial charge >= 0.3 is 0 Å². The van der Waals surface area contributed by atoms with Crippen molar-refractivity contribution in [1.29, 1.82) is 0 Å². The number of allylic oxidation sites excluding steroid dienone is 1. The van der Waals surface area contributed by atoms with Gasteiger partial charge in [0.15, 0.2) is 5.78 Å². The average molecular weight is 383 g/mol. The van der Waals surface area contributed by atoms with Gasteiger partial charge in [-0.15, -0.1) is 0 Å². The first-order valence-corrected chi connectivity index (χ1v) is 11.5. The van der Waals surface area contributed by atoms with Crippen LogP contribution in [0.25, 0.3) is 0 Å². The quantitative estimate of drug-likeness (QED) is 0.563. The Morgan fingerprint density at radius 1 is 1.14 bits per heavy atom. The highest BCUT2D eigenvalue weighted by molar-refractivity contribution is 5.83. The van der Waals surface area contributed by atoms with Crippen molar-refractivity contribution in [2.75, 3.05) is 6.61 Å². The Hall–Kier alpha value is -1.11. The van der Waals surface area contributed by atoms with Gasteiger partial charge in [-0.05, 0) is 86.9 Å². The second-order valence-corrected chi connectivity index (χ2v) is 10.6. The predicted molar refractivity (Wildman–Crippen MR) is 108 cm³/mol. The molecule has 3 nitrogen and oxygen atoms in total. The minimum Gasteiger partial charge on any atom is -0.389 e. The minimum absolute atomic E-state index is 0.0583. The molecule has 0 aromatic heterocycles. The summed E-state index contributed by atoms with van der Waals surface area (Å²) in [5.74, 6) is 9.80. The molecule has 0 aromatic rings. The van der Waals surface area contributed by atoms with Crippen molar-refractivity contribution < 1.29 is 15.0 Å². The Kier molecular flexibility index (Phi) is 4.53. The molecule has 0 aromatic carbocycles. The number of carbonyl (C=O) groups is 1. The van der Waals surface area contributed by atoms with Gasteiger partial charge in [-0.25, -0.2) is 0 Å². The second kappa shape index (κ2) is 6.71. The van der Waals surface area contributed by atoms with E-state index in [1.807, 2.05) is 0 Å². The summed E-state index contributed by atoms with van der Waals surface area (Å²) in [7, 11) is 0. The average Bonchev–Trinajstić information content (AvgIpc) is 3.45. The van der Waals surface area contributed by atoms with E-state index in [1.165, 1.54) is 24.8 Å². The van der Waals surface area contributed by atoms with E-state index in [9.17, 15) is 15.0 Å².